The van der Waals surface area contributed by atoms with Crippen molar-refractivity contribution in [2.45, 2.75) is 78.9 Å². The number of hydrogen-bond acceptors (Lipinski definition) is 3. The van der Waals surface area contributed by atoms with Gasteiger partial charge in [-0.25, -0.2) is 0 Å². The molecule has 0 aromatic carbocycles. The van der Waals surface area contributed by atoms with Crippen LogP contribution < -0.4 is 0 Å². The van der Waals surface area contributed by atoms with Crippen LogP contribution in [-0.2, 0) is 9.53 Å². The van der Waals surface area contributed by atoms with Gasteiger partial charge >= 0.3 is 5.97 Å². The lowest BCUT2D eigenvalue weighted by molar-refractivity contribution is -0.164. The largest absolute Gasteiger partial charge is 0.461 e. The first-order valence-electron chi connectivity index (χ1n) is 9.80. The number of carbonyl (C=O) groups excluding carboxylic acids is 1. The lowest BCUT2D eigenvalue weighted by atomic mass is 9.62. The molecule has 0 aliphatic heterocycles. The second kappa shape index (κ2) is 5.97. The fraction of sp³-hybridized carbons (Fsp3) is 0.773. The predicted molar refractivity (Wildman–Crippen MR) is 99.9 cm³/mol. The topological polar surface area (TPSA) is 46.5 Å². The summed E-state index contributed by atoms with van der Waals surface area (Å²) in [6.45, 7) is 12.5. The Hall–Kier alpha value is -1.09. The Morgan fingerprint density at radius 3 is 2.56 bits per heavy atom. The third-order valence-electron chi connectivity index (χ3n) is 7.72. The molecular formula is C22H34O3. The highest BCUT2D eigenvalue weighted by Gasteiger charge is 2.63. The Labute approximate surface area is 152 Å². The fourth-order valence-electron chi connectivity index (χ4n) is 6.19. The number of aliphatic hydroxyl groups is 1. The van der Waals surface area contributed by atoms with Gasteiger partial charge in [-0.15, -0.1) is 0 Å². The van der Waals surface area contributed by atoms with Crippen molar-refractivity contribution in [1.29, 1.82) is 0 Å². The van der Waals surface area contributed by atoms with Crippen molar-refractivity contribution < 1.29 is 14.6 Å². The standard InChI is InChI=1S/C22H34O3/c1-14(2)22(24)13-12-21(6)17(22)9-11-20(5)10-7-8-15(3)18(20)19(21)25-16(4)23/h7-8,10,14,17-19,24H,9,11-13H2,1-6H3. The molecule has 3 heteroatoms. The molecule has 3 rings (SSSR count). The maximum Gasteiger partial charge on any atom is 0.302 e. The van der Waals surface area contributed by atoms with E-state index in [-0.39, 0.29) is 40.7 Å². The molecule has 2 fully saturated rings. The van der Waals surface area contributed by atoms with Crippen molar-refractivity contribution >= 4 is 5.97 Å². The third-order valence-corrected chi connectivity index (χ3v) is 7.72. The van der Waals surface area contributed by atoms with E-state index >= 15 is 0 Å². The SMILES string of the molecule is CC(=O)OC1C2C(C)=CC=CC2(C)CCC2C1(C)CCC2(O)C(C)C. The molecule has 3 nitrogen and oxygen atoms in total. The minimum atomic E-state index is -0.668. The monoisotopic (exact) mass is 346 g/mol. The van der Waals surface area contributed by atoms with Crippen LogP contribution in [0.1, 0.15) is 67.2 Å². The van der Waals surface area contributed by atoms with Crippen LogP contribution in [0.5, 0.6) is 0 Å². The third kappa shape index (κ3) is 2.70. The maximum absolute atomic E-state index is 12.0. The van der Waals surface area contributed by atoms with Gasteiger partial charge in [-0.05, 0) is 49.9 Å². The predicted octanol–water partition coefficient (Wildman–Crippen LogP) is 4.65. The Bertz CT molecular complexity index is 619. The zero-order valence-electron chi connectivity index (χ0n) is 16.6. The van der Waals surface area contributed by atoms with Crippen molar-refractivity contribution in [3.05, 3.63) is 23.8 Å². The highest BCUT2D eigenvalue weighted by molar-refractivity contribution is 5.66. The maximum atomic E-state index is 12.0. The first kappa shape index (κ1) is 18.7. The number of allylic oxidation sites excluding steroid dienone is 3. The van der Waals surface area contributed by atoms with E-state index in [1.807, 2.05) is 0 Å². The Kier molecular flexibility index (Phi) is 4.47. The molecule has 140 valence electrons. The quantitative estimate of drug-likeness (QED) is 0.740. The van der Waals surface area contributed by atoms with Crippen molar-refractivity contribution in [2.24, 2.45) is 28.6 Å². The average Bonchev–Trinajstić information content (AvgIpc) is 2.72. The summed E-state index contributed by atoms with van der Waals surface area (Å²) in [6.07, 6.45) is 10.1. The van der Waals surface area contributed by atoms with Crippen LogP contribution in [0, 0.1) is 28.6 Å². The summed E-state index contributed by atoms with van der Waals surface area (Å²) in [5.41, 5.74) is 0.411. The molecule has 0 bridgehead atoms. The Morgan fingerprint density at radius 1 is 1.28 bits per heavy atom. The van der Waals surface area contributed by atoms with Gasteiger partial charge in [0, 0.05) is 18.3 Å². The van der Waals surface area contributed by atoms with Crippen LogP contribution in [0.2, 0.25) is 0 Å². The highest BCUT2D eigenvalue weighted by Crippen LogP contribution is 2.63. The van der Waals surface area contributed by atoms with E-state index in [1.54, 1.807) is 0 Å². The summed E-state index contributed by atoms with van der Waals surface area (Å²) < 4.78 is 6.04. The van der Waals surface area contributed by atoms with Crippen LogP contribution >= 0.6 is 0 Å². The first-order chi connectivity index (χ1) is 11.5. The minimum Gasteiger partial charge on any atom is -0.461 e. The number of carbonyl (C=O) groups is 1. The molecule has 0 amide bonds. The number of hydrogen-bond donors (Lipinski definition) is 1. The molecule has 3 aliphatic carbocycles. The summed E-state index contributed by atoms with van der Waals surface area (Å²) in [7, 11) is 0. The van der Waals surface area contributed by atoms with Crippen molar-refractivity contribution in [2.75, 3.05) is 0 Å². The van der Waals surface area contributed by atoms with E-state index in [4.69, 9.17) is 4.74 Å². The number of esters is 1. The molecule has 0 saturated heterocycles. The summed E-state index contributed by atoms with van der Waals surface area (Å²) in [5.74, 6) is 0.341. The molecule has 6 atom stereocenters. The van der Waals surface area contributed by atoms with Gasteiger partial charge in [0.25, 0.3) is 0 Å². The van der Waals surface area contributed by atoms with Crippen molar-refractivity contribution in [1.82, 2.24) is 0 Å². The van der Waals surface area contributed by atoms with Gasteiger partial charge in [-0.3, -0.25) is 4.79 Å². The zero-order chi connectivity index (χ0) is 18.6. The molecule has 3 aliphatic rings. The Morgan fingerprint density at radius 2 is 1.96 bits per heavy atom. The summed E-state index contributed by atoms with van der Waals surface area (Å²) >= 11 is 0. The number of ether oxygens (including phenoxy) is 1. The van der Waals surface area contributed by atoms with Crippen LogP contribution in [0.3, 0.4) is 0 Å². The molecule has 0 radical (unpaired) electrons. The van der Waals surface area contributed by atoms with Gasteiger partial charge in [0.2, 0.25) is 0 Å². The van der Waals surface area contributed by atoms with Crippen LogP contribution in [0.15, 0.2) is 23.8 Å². The van der Waals surface area contributed by atoms with E-state index in [2.05, 4.69) is 52.8 Å². The summed E-state index contributed by atoms with van der Waals surface area (Å²) in [6, 6.07) is 0. The second-order valence-corrected chi connectivity index (χ2v) is 9.53. The molecule has 6 unspecified atom stereocenters. The van der Waals surface area contributed by atoms with Gasteiger partial charge in [0.15, 0.2) is 0 Å². The van der Waals surface area contributed by atoms with E-state index in [1.165, 1.54) is 12.5 Å². The lowest BCUT2D eigenvalue weighted by Crippen LogP contribution is -2.50. The van der Waals surface area contributed by atoms with Gasteiger partial charge in [0.1, 0.15) is 6.10 Å². The van der Waals surface area contributed by atoms with E-state index in [9.17, 15) is 9.90 Å². The minimum absolute atomic E-state index is 0.0236. The smallest absolute Gasteiger partial charge is 0.302 e. The summed E-state index contributed by atoms with van der Waals surface area (Å²) in [4.78, 5) is 12.0. The molecule has 1 N–H and O–H groups in total. The summed E-state index contributed by atoms with van der Waals surface area (Å²) in [5, 5.41) is 11.5. The van der Waals surface area contributed by atoms with Crippen molar-refractivity contribution in [3.63, 3.8) is 0 Å². The number of fused-ring (bicyclic) bond motifs is 2. The van der Waals surface area contributed by atoms with Crippen molar-refractivity contribution in [3.8, 4) is 0 Å². The molecule has 0 heterocycles. The lowest BCUT2D eigenvalue weighted by Gasteiger charge is -2.47. The van der Waals surface area contributed by atoms with Crippen LogP contribution in [0.25, 0.3) is 0 Å². The molecule has 0 aromatic heterocycles. The number of rotatable bonds is 2. The molecule has 25 heavy (non-hydrogen) atoms. The van der Waals surface area contributed by atoms with E-state index in [0.717, 1.165) is 25.7 Å². The van der Waals surface area contributed by atoms with Gasteiger partial charge < -0.3 is 9.84 Å². The Balaban J connectivity index is 2.13. The van der Waals surface area contributed by atoms with Gasteiger partial charge in [0.05, 0.1) is 5.60 Å². The van der Waals surface area contributed by atoms with Crippen LogP contribution in [-0.4, -0.2) is 22.8 Å². The first-order valence-corrected chi connectivity index (χ1v) is 9.80. The highest BCUT2D eigenvalue weighted by atomic mass is 16.5. The molecule has 2 saturated carbocycles. The van der Waals surface area contributed by atoms with Crippen LogP contribution in [0.4, 0.5) is 0 Å². The molecular weight excluding hydrogens is 312 g/mol. The normalized spacial score (nSPS) is 46.2. The zero-order valence-corrected chi connectivity index (χ0v) is 16.6. The van der Waals surface area contributed by atoms with E-state index < -0.39 is 5.60 Å². The van der Waals surface area contributed by atoms with Gasteiger partial charge in [-0.1, -0.05) is 51.5 Å². The molecule has 0 spiro atoms. The fourth-order valence-corrected chi connectivity index (χ4v) is 6.19. The average molecular weight is 347 g/mol. The molecule has 0 aromatic rings. The van der Waals surface area contributed by atoms with Gasteiger partial charge in [-0.2, -0.15) is 0 Å². The second-order valence-electron chi connectivity index (χ2n) is 9.53. The van der Waals surface area contributed by atoms with E-state index in [0.29, 0.717) is 0 Å².